The Labute approximate surface area is 262 Å². The second-order valence-corrected chi connectivity index (χ2v) is 12.5. The molecule has 0 aliphatic carbocycles. The lowest BCUT2D eigenvalue weighted by Gasteiger charge is -2.29. The van der Waals surface area contributed by atoms with Gasteiger partial charge in [-0.05, 0) is 67.8 Å². The van der Waals surface area contributed by atoms with Crippen molar-refractivity contribution in [3.8, 4) is 5.75 Å². The van der Waals surface area contributed by atoms with Crippen molar-refractivity contribution < 1.29 is 33.4 Å². The van der Waals surface area contributed by atoms with Gasteiger partial charge in [-0.3, -0.25) is 14.4 Å². The predicted molar refractivity (Wildman–Crippen MR) is 168 cm³/mol. The molecule has 45 heavy (non-hydrogen) atoms. The van der Waals surface area contributed by atoms with E-state index in [1.165, 1.54) is 11.9 Å². The van der Waals surface area contributed by atoms with E-state index < -0.39 is 23.6 Å². The van der Waals surface area contributed by atoms with Crippen molar-refractivity contribution in [3.63, 3.8) is 0 Å². The molecule has 1 saturated heterocycles. The maximum absolute atomic E-state index is 13.5. The smallest absolute Gasteiger partial charge is 0.407 e. The molecule has 2 aliphatic rings. The third-order valence-electron chi connectivity index (χ3n) is 7.85. The minimum absolute atomic E-state index is 0.158. The Bertz CT molecular complexity index is 1570. The van der Waals surface area contributed by atoms with Crippen molar-refractivity contribution >= 4 is 34.6 Å². The van der Waals surface area contributed by atoms with E-state index in [9.17, 15) is 19.2 Å². The fraction of sp³-hybridized carbons (Fsp3) is 0.412. The maximum Gasteiger partial charge on any atom is 0.407 e. The second-order valence-electron chi connectivity index (χ2n) is 12.5. The minimum atomic E-state index is -1.01. The van der Waals surface area contributed by atoms with E-state index in [0.717, 1.165) is 16.3 Å². The molecule has 3 aromatic carbocycles. The number of rotatable bonds is 4. The third-order valence-corrected chi connectivity index (χ3v) is 7.85. The number of hydrogen-bond acceptors (Lipinski definition) is 7. The molecule has 2 bridgehead atoms. The van der Waals surface area contributed by atoms with E-state index in [4.69, 9.17) is 14.2 Å². The van der Waals surface area contributed by atoms with Gasteiger partial charge in [-0.25, -0.2) is 4.79 Å². The zero-order valence-electron chi connectivity index (χ0n) is 26.1. The van der Waals surface area contributed by atoms with Crippen molar-refractivity contribution in [3.05, 3.63) is 77.9 Å². The van der Waals surface area contributed by atoms with Crippen LogP contribution in [0.5, 0.6) is 5.75 Å². The monoisotopic (exact) mass is 616 g/mol. The van der Waals surface area contributed by atoms with Crippen molar-refractivity contribution in [2.45, 2.75) is 57.5 Å². The molecule has 2 heterocycles. The molecule has 1 fully saturated rings. The largest absolute Gasteiger partial charge is 0.491 e. The summed E-state index contributed by atoms with van der Waals surface area (Å²) >= 11 is 0. The summed E-state index contributed by atoms with van der Waals surface area (Å²) in [4.78, 5) is 55.8. The first-order valence-electron chi connectivity index (χ1n) is 15.1. The van der Waals surface area contributed by atoms with E-state index >= 15 is 0 Å². The van der Waals surface area contributed by atoms with Crippen LogP contribution in [0.3, 0.4) is 0 Å². The Morgan fingerprint density at radius 3 is 2.53 bits per heavy atom. The lowest BCUT2D eigenvalue weighted by molar-refractivity contribution is -0.140. The minimum Gasteiger partial charge on any atom is -0.491 e. The van der Waals surface area contributed by atoms with Gasteiger partial charge >= 0.3 is 6.09 Å². The van der Waals surface area contributed by atoms with Crippen LogP contribution in [0.2, 0.25) is 0 Å². The Morgan fingerprint density at radius 2 is 1.76 bits per heavy atom. The van der Waals surface area contributed by atoms with Gasteiger partial charge in [0.25, 0.3) is 5.91 Å². The first-order valence-corrected chi connectivity index (χ1v) is 15.1. The van der Waals surface area contributed by atoms with Crippen LogP contribution in [0.1, 0.15) is 43.1 Å². The Balaban J connectivity index is 1.31. The molecule has 0 spiro atoms. The van der Waals surface area contributed by atoms with E-state index in [1.54, 1.807) is 49.9 Å². The van der Waals surface area contributed by atoms with E-state index in [2.05, 4.69) is 10.6 Å². The SMILES string of the molecule is CN1C(=O)c2cccc(c2)OC[C@@H]2C[C@H](NC(=O)OC(C)(C)C)CN2C(=O)COC[C@H]1C(=O)NCc1ccc2ccccc2c1. The molecule has 4 amide bonds. The lowest BCUT2D eigenvalue weighted by Crippen LogP contribution is -2.50. The van der Waals surface area contributed by atoms with Gasteiger partial charge < -0.3 is 34.6 Å². The number of nitrogens with zero attached hydrogens (tertiary/aromatic N) is 2. The highest BCUT2D eigenvalue weighted by molar-refractivity contribution is 5.97. The number of ether oxygens (including phenoxy) is 3. The molecule has 3 atom stereocenters. The average molecular weight is 617 g/mol. The average Bonchev–Trinajstić information content (AvgIpc) is 3.41. The number of likely N-dealkylation sites (N-methyl/N-ethyl adjacent to an activating group) is 1. The molecular weight excluding hydrogens is 576 g/mol. The number of alkyl carbamates (subject to hydrolysis) is 1. The molecule has 11 heteroatoms. The number of amides is 4. The fourth-order valence-corrected chi connectivity index (χ4v) is 5.58. The van der Waals surface area contributed by atoms with Crippen LogP contribution in [0.15, 0.2) is 66.7 Å². The van der Waals surface area contributed by atoms with Crippen LogP contribution in [0.25, 0.3) is 10.8 Å². The van der Waals surface area contributed by atoms with Gasteiger partial charge in [-0.2, -0.15) is 0 Å². The van der Waals surface area contributed by atoms with Gasteiger partial charge in [0.15, 0.2) is 0 Å². The van der Waals surface area contributed by atoms with E-state index in [-0.39, 0.29) is 56.8 Å². The number of fused-ring (bicyclic) bond motifs is 4. The van der Waals surface area contributed by atoms with Crippen molar-refractivity contribution in [2.24, 2.45) is 0 Å². The van der Waals surface area contributed by atoms with Gasteiger partial charge in [0.05, 0.1) is 18.7 Å². The van der Waals surface area contributed by atoms with Crippen molar-refractivity contribution in [1.82, 2.24) is 20.4 Å². The van der Waals surface area contributed by atoms with Gasteiger partial charge in [0.1, 0.15) is 30.6 Å². The molecule has 2 N–H and O–H groups in total. The zero-order valence-corrected chi connectivity index (χ0v) is 26.1. The van der Waals surface area contributed by atoms with Crippen LogP contribution < -0.4 is 15.4 Å². The first kappa shape index (κ1) is 31.8. The number of carbonyl (C=O) groups excluding carboxylic acids is 4. The molecule has 0 unspecified atom stereocenters. The standard InChI is InChI=1S/C34H40N4O7/c1-34(2,3)45-33(42)36-26-16-27-19-44-28-11-7-10-25(15-28)32(41)37(4)29(20-43-21-30(39)38(27)18-26)31(40)35-17-22-12-13-23-8-5-6-9-24(23)14-22/h5-15,26-27,29H,16-21H2,1-4H3,(H,35,40)(H,36,42)/t26-,27-,29-/m0/s1. The predicted octanol–water partition coefficient (Wildman–Crippen LogP) is 3.50. The van der Waals surface area contributed by atoms with E-state index in [0.29, 0.717) is 17.7 Å². The summed E-state index contributed by atoms with van der Waals surface area (Å²) in [7, 11) is 1.54. The number of benzene rings is 3. The summed E-state index contributed by atoms with van der Waals surface area (Å²) in [5.41, 5.74) is 0.602. The van der Waals surface area contributed by atoms with Gasteiger partial charge in [-0.15, -0.1) is 0 Å². The van der Waals surface area contributed by atoms with Crippen LogP contribution in [0, 0.1) is 0 Å². The highest BCUT2D eigenvalue weighted by Crippen LogP contribution is 2.23. The van der Waals surface area contributed by atoms with Crippen LogP contribution in [-0.2, 0) is 25.6 Å². The van der Waals surface area contributed by atoms with Crippen molar-refractivity contribution in [1.29, 1.82) is 0 Å². The summed E-state index contributed by atoms with van der Waals surface area (Å²) in [5, 5.41) is 7.93. The number of nitrogens with one attached hydrogen (secondary N) is 2. The number of carbonyl (C=O) groups is 4. The molecule has 3 aromatic rings. The fourth-order valence-electron chi connectivity index (χ4n) is 5.58. The molecule has 0 radical (unpaired) electrons. The molecule has 5 rings (SSSR count). The highest BCUT2D eigenvalue weighted by atomic mass is 16.6. The number of hydrogen-bond donors (Lipinski definition) is 2. The summed E-state index contributed by atoms with van der Waals surface area (Å²) in [6.45, 7) is 5.52. The first-order chi connectivity index (χ1) is 21.5. The maximum atomic E-state index is 13.5. The molecule has 0 aromatic heterocycles. The molecule has 11 nitrogen and oxygen atoms in total. The molecular formula is C34H40N4O7. The van der Waals surface area contributed by atoms with Gasteiger partial charge in [-0.1, -0.05) is 42.5 Å². The zero-order chi connectivity index (χ0) is 32.1. The summed E-state index contributed by atoms with van der Waals surface area (Å²) in [5.74, 6) is -0.656. The third kappa shape index (κ3) is 8.10. The Hall–Kier alpha value is -4.64. The quantitative estimate of drug-likeness (QED) is 0.460. The summed E-state index contributed by atoms with van der Waals surface area (Å²) in [6, 6.07) is 18.9. The van der Waals surface area contributed by atoms with Gasteiger partial charge in [0, 0.05) is 25.7 Å². The normalized spacial score (nSPS) is 21.0. The summed E-state index contributed by atoms with van der Waals surface area (Å²) in [6.07, 6.45) is -0.109. The molecule has 238 valence electrons. The van der Waals surface area contributed by atoms with E-state index in [1.807, 2.05) is 42.5 Å². The van der Waals surface area contributed by atoms with Crippen LogP contribution in [-0.4, -0.2) is 90.8 Å². The van der Waals surface area contributed by atoms with Crippen LogP contribution in [0.4, 0.5) is 4.79 Å². The van der Waals surface area contributed by atoms with Gasteiger partial charge in [0.2, 0.25) is 11.8 Å². The Kier molecular flexibility index (Phi) is 9.57. The summed E-state index contributed by atoms with van der Waals surface area (Å²) < 4.78 is 17.2. The van der Waals surface area contributed by atoms with Crippen molar-refractivity contribution in [2.75, 3.05) is 33.4 Å². The topological polar surface area (TPSA) is 127 Å². The van der Waals surface area contributed by atoms with Crippen LogP contribution >= 0.6 is 0 Å². The molecule has 2 aliphatic heterocycles. The second kappa shape index (κ2) is 13.6. The molecule has 0 saturated carbocycles. The highest BCUT2D eigenvalue weighted by Gasteiger charge is 2.38. The Morgan fingerprint density at radius 1 is 0.978 bits per heavy atom. The lowest BCUT2D eigenvalue weighted by atomic mass is 10.1.